The van der Waals surface area contributed by atoms with Gasteiger partial charge in [-0.2, -0.15) is 0 Å². The van der Waals surface area contributed by atoms with Crippen LogP contribution in [0.4, 0.5) is 0 Å². The highest BCUT2D eigenvalue weighted by Crippen LogP contribution is 2.42. The second-order valence-electron chi connectivity index (χ2n) is 12.1. The Morgan fingerprint density at radius 1 is 0.326 bits per heavy atom. The zero-order valence-corrected chi connectivity index (χ0v) is 24.6. The topological polar surface area (TPSA) is 36.1 Å². The predicted molar refractivity (Wildman–Crippen MR) is 190 cm³/mol. The van der Waals surface area contributed by atoms with Gasteiger partial charge in [0, 0.05) is 54.5 Å². The first-order chi connectivity index (χ1) is 22.8. The van der Waals surface area contributed by atoms with E-state index in [1.54, 1.807) is 0 Å². The van der Waals surface area contributed by atoms with Crippen molar-refractivity contribution >= 4 is 87.5 Å². The molecule has 0 amide bonds. The number of hydrogen-bond donors (Lipinski definition) is 0. The number of benzene rings is 7. The lowest BCUT2D eigenvalue weighted by atomic mass is 10.1. The summed E-state index contributed by atoms with van der Waals surface area (Å²) in [5.74, 6) is 0. The van der Waals surface area contributed by atoms with Gasteiger partial charge in [-0.15, -0.1) is 0 Å². The maximum absolute atomic E-state index is 6.61. The van der Waals surface area contributed by atoms with Gasteiger partial charge in [-0.05, 0) is 54.6 Å². The van der Waals surface area contributed by atoms with Crippen LogP contribution < -0.4 is 0 Å². The fourth-order valence-corrected chi connectivity index (χ4v) is 7.77. The highest BCUT2D eigenvalue weighted by molar-refractivity contribution is 6.23. The molecule has 0 saturated heterocycles. The van der Waals surface area contributed by atoms with E-state index in [-0.39, 0.29) is 0 Å². The minimum absolute atomic E-state index is 0.899. The van der Waals surface area contributed by atoms with Crippen LogP contribution in [0.3, 0.4) is 0 Å². The molecule has 0 N–H and O–H groups in total. The average Bonchev–Trinajstić information content (AvgIpc) is 3.86. The van der Waals surface area contributed by atoms with E-state index in [0.29, 0.717) is 0 Å². The van der Waals surface area contributed by atoms with Gasteiger partial charge >= 0.3 is 0 Å². The lowest BCUT2D eigenvalue weighted by Gasteiger charge is -2.13. The molecule has 0 aliphatic carbocycles. The second-order valence-corrected chi connectivity index (χ2v) is 12.1. The van der Waals surface area contributed by atoms with E-state index in [4.69, 9.17) is 8.83 Å². The van der Waals surface area contributed by atoms with Gasteiger partial charge in [-0.1, -0.05) is 91.0 Å². The summed E-state index contributed by atoms with van der Waals surface area (Å²) in [6.07, 6.45) is 0. The van der Waals surface area contributed by atoms with Crippen molar-refractivity contribution < 1.29 is 8.83 Å². The molecule has 4 aromatic heterocycles. The SMILES string of the molecule is c1cc(-n2c3ccccc3c3ccc4c5ccccc5oc4c32)cc(-n2c3ccccc3c3ccc4c5ccccc5oc4c32)c1. The number of fused-ring (bicyclic) bond motifs is 14. The first kappa shape index (κ1) is 24.1. The molecule has 0 aliphatic rings. The lowest BCUT2D eigenvalue weighted by Crippen LogP contribution is -1.99. The van der Waals surface area contributed by atoms with Gasteiger partial charge in [0.05, 0.1) is 22.1 Å². The third-order valence-corrected chi connectivity index (χ3v) is 9.71. The fraction of sp³-hybridized carbons (Fsp3) is 0. The monoisotopic (exact) mass is 588 g/mol. The van der Waals surface area contributed by atoms with Crippen LogP contribution >= 0.6 is 0 Å². The quantitative estimate of drug-likeness (QED) is 0.201. The van der Waals surface area contributed by atoms with E-state index in [1.807, 2.05) is 12.1 Å². The van der Waals surface area contributed by atoms with Crippen LogP contribution in [0.1, 0.15) is 0 Å². The first-order valence-electron chi connectivity index (χ1n) is 15.6. The van der Waals surface area contributed by atoms with E-state index in [1.165, 1.54) is 21.5 Å². The van der Waals surface area contributed by atoms with E-state index in [9.17, 15) is 0 Å². The zero-order chi connectivity index (χ0) is 29.9. The lowest BCUT2D eigenvalue weighted by molar-refractivity contribution is 0.671. The van der Waals surface area contributed by atoms with Gasteiger partial charge in [-0.25, -0.2) is 0 Å². The highest BCUT2D eigenvalue weighted by atomic mass is 16.3. The van der Waals surface area contributed by atoms with Crippen LogP contribution in [0, 0.1) is 0 Å². The molecule has 0 atom stereocenters. The van der Waals surface area contributed by atoms with Gasteiger partial charge in [0.1, 0.15) is 11.2 Å². The van der Waals surface area contributed by atoms with Gasteiger partial charge < -0.3 is 18.0 Å². The largest absolute Gasteiger partial charge is 0.454 e. The molecule has 11 aromatic rings. The summed E-state index contributed by atoms with van der Waals surface area (Å²) in [6.45, 7) is 0. The van der Waals surface area contributed by atoms with Crippen molar-refractivity contribution in [3.63, 3.8) is 0 Å². The number of aromatic nitrogens is 2. The minimum Gasteiger partial charge on any atom is -0.454 e. The summed E-state index contributed by atoms with van der Waals surface area (Å²) in [5.41, 5.74) is 10.2. The summed E-state index contributed by atoms with van der Waals surface area (Å²) in [7, 11) is 0. The number of para-hydroxylation sites is 4. The van der Waals surface area contributed by atoms with Crippen LogP contribution in [-0.4, -0.2) is 9.13 Å². The van der Waals surface area contributed by atoms with Crippen LogP contribution in [0.5, 0.6) is 0 Å². The Hall–Kier alpha value is -6.26. The standard InChI is InChI=1S/C42H24N2O2/c1-5-16-35-27(12-1)31-20-22-33-29-14-3-7-18-37(29)45-41(33)39(31)43(35)25-10-9-11-26(24-25)44-36-17-6-2-13-28(36)32-21-23-34-30-15-4-8-19-38(30)46-42(34)40(32)44/h1-24H. The molecule has 4 heterocycles. The molecule has 4 nitrogen and oxygen atoms in total. The maximum Gasteiger partial charge on any atom is 0.160 e. The van der Waals surface area contributed by atoms with Crippen molar-refractivity contribution in [2.24, 2.45) is 0 Å². The van der Waals surface area contributed by atoms with Crippen LogP contribution in [0.2, 0.25) is 0 Å². The van der Waals surface area contributed by atoms with Crippen LogP contribution in [0.15, 0.2) is 154 Å². The molecule has 0 unspecified atom stereocenters. The summed E-state index contributed by atoms with van der Waals surface area (Å²) in [5, 5.41) is 9.25. The summed E-state index contributed by atoms with van der Waals surface area (Å²) < 4.78 is 18.0. The van der Waals surface area contributed by atoms with Crippen molar-refractivity contribution in [3.8, 4) is 11.4 Å². The van der Waals surface area contributed by atoms with Crippen molar-refractivity contribution in [3.05, 3.63) is 146 Å². The van der Waals surface area contributed by atoms with E-state index >= 15 is 0 Å². The Morgan fingerprint density at radius 3 is 1.24 bits per heavy atom. The molecule has 0 aliphatic heterocycles. The predicted octanol–water partition coefficient (Wildman–Crippen LogP) is 11.7. The first-order valence-corrected chi connectivity index (χ1v) is 15.6. The summed E-state index contributed by atoms with van der Waals surface area (Å²) >= 11 is 0. The summed E-state index contributed by atoms with van der Waals surface area (Å²) in [4.78, 5) is 0. The normalized spacial score (nSPS) is 12.3. The molecule has 46 heavy (non-hydrogen) atoms. The Kier molecular flexibility index (Phi) is 4.55. The molecular formula is C42H24N2O2. The second kappa shape index (κ2) is 8.68. The van der Waals surface area contributed by atoms with Gasteiger partial charge in [0.15, 0.2) is 11.2 Å². The third-order valence-electron chi connectivity index (χ3n) is 9.71. The fourth-order valence-electron chi connectivity index (χ4n) is 7.77. The maximum atomic E-state index is 6.61. The molecule has 0 spiro atoms. The minimum atomic E-state index is 0.899. The molecule has 0 bridgehead atoms. The van der Waals surface area contributed by atoms with Gasteiger partial charge in [0.2, 0.25) is 0 Å². The van der Waals surface area contributed by atoms with Gasteiger partial charge in [-0.3, -0.25) is 0 Å². The number of nitrogens with zero attached hydrogens (tertiary/aromatic N) is 2. The van der Waals surface area contributed by atoms with Crippen LogP contribution in [0.25, 0.3) is 98.9 Å². The van der Waals surface area contributed by atoms with Gasteiger partial charge in [0.25, 0.3) is 0 Å². The molecule has 214 valence electrons. The molecule has 11 rings (SSSR count). The average molecular weight is 589 g/mol. The van der Waals surface area contributed by atoms with E-state index in [0.717, 1.165) is 77.3 Å². The summed E-state index contributed by atoms with van der Waals surface area (Å²) in [6, 6.07) is 51.6. The molecular weight excluding hydrogens is 564 g/mol. The van der Waals surface area contributed by atoms with Crippen molar-refractivity contribution in [1.82, 2.24) is 9.13 Å². The molecule has 7 aromatic carbocycles. The molecule has 4 heteroatoms. The Bertz CT molecular complexity index is 2840. The Labute approximate surface area is 261 Å². The number of rotatable bonds is 2. The number of furan rings is 2. The van der Waals surface area contributed by atoms with E-state index in [2.05, 4.69) is 143 Å². The molecule has 0 radical (unpaired) electrons. The zero-order valence-electron chi connectivity index (χ0n) is 24.6. The molecule has 0 saturated carbocycles. The van der Waals surface area contributed by atoms with Crippen molar-refractivity contribution in [1.29, 1.82) is 0 Å². The molecule has 0 fully saturated rings. The van der Waals surface area contributed by atoms with E-state index < -0.39 is 0 Å². The highest BCUT2D eigenvalue weighted by Gasteiger charge is 2.21. The van der Waals surface area contributed by atoms with Crippen molar-refractivity contribution in [2.45, 2.75) is 0 Å². The van der Waals surface area contributed by atoms with Crippen LogP contribution in [-0.2, 0) is 0 Å². The number of hydrogen-bond acceptors (Lipinski definition) is 2. The Morgan fingerprint density at radius 2 is 0.739 bits per heavy atom. The smallest absolute Gasteiger partial charge is 0.160 e. The third kappa shape index (κ3) is 3.03. The van der Waals surface area contributed by atoms with Crippen molar-refractivity contribution in [2.75, 3.05) is 0 Å². The Balaban J connectivity index is 1.26.